The van der Waals surface area contributed by atoms with Gasteiger partial charge in [-0.1, -0.05) is 0 Å². The lowest BCUT2D eigenvalue weighted by Crippen LogP contribution is -2.27. The number of sulfone groups is 1. The second-order valence-electron chi connectivity index (χ2n) is 4.83. The molecule has 1 aliphatic rings. The third kappa shape index (κ3) is 3.67. The fourth-order valence-corrected chi connectivity index (χ4v) is 3.54. The van der Waals surface area contributed by atoms with Crippen molar-refractivity contribution in [1.29, 1.82) is 5.26 Å². The lowest BCUT2D eigenvalue weighted by molar-refractivity contribution is -0.137. The van der Waals surface area contributed by atoms with Gasteiger partial charge in [0.15, 0.2) is 9.84 Å². The predicted octanol–water partition coefficient (Wildman–Crippen LogP) is 2.20. The van der Waals surface area contributed by atoms with Gasteiger partial charge in [0, 0.05) is 18.8 Å². The van der Waals surface area contributed by atoms with Crippen LogP contribution in [0, 0.1) is 11.3 Å². The molecule has 0 bridgehead atoms. The maximum atomic E-state index is 12.7. The van der Waals surface area contributed by atoms with Crippen molar-refractivity contribution in [3.8, 4) is 6.07 Å². The molecule has 1 fully saturated rings. The van der Waals surface area contributed by atoms with Gasteiger partial charge in [0.2, 0.25) is 0 Å². The van der Waals surface area contributed by atoms with Crippen LogP contribution in [0.25, 0.3) is 0 Å². The minimum atomic E-state index is -4.58. The topological polar surface area (TPSA) is 61.2 Å². The normalized spacial score (nSPS) is 18.9. The predicted molar refractivity (Wildman–Crippen MR) is 71.6 cm³/mol. The van der Waals surface area contributed by atoms with Gasteiger partial charge in [0.1, 0.15) is 0 Å². The standard InChI is InChI=1S/C13H13F3N2O2S/c14-13(15,16)12-3-2-11(8-10(12)9-17)18-4-1-6-21(19,20)7-5-18/h2-3,8H,1,4-7H2. The summed E-state index contributed by atoms with van der Waals surface area (Å²) in [4.78, 5) is 1.70. The molecule has 0 aliphatic carbocycles. The minimum Gasteiger partial charge on any atom is -0.370 e. The zero-order valence-corrected chi connectivity index (χ0v) is 11.8. The molecular formula is C13H13F3N2O2S. The lowest BCUT2D eigenvalue weighted by atomic mass is 10.1. The molecule has 4 nitrogen and oxygen atoms in total. The molecule has 1 aliphatic heterocycles. The van der Waals surface area contributed by atoms with E-state index in [-0.39, 0.29) is 18.1 Å². The highest BCUT2D eigenvalue weighted by Crippen LogP contribution is 2.33. The maximum absolute atomic E-state index is 12.7. The van der Waals surface area contributed by atoms with E-state index in [0.717, 1.165) is 6.07 Å². The molecule has 0 radical (unpaired) electrons. The van der Waals surface area contributed by atoms with E-state index >= 15 is 0 Å². The van der Waals surface area contributed by atoms with Gasteiger partial charge in [-0.25, -0.2) is 8.42 Å². The van der Waals surface area contributed by atoms with Gasteiger partial charge >= 0.3 is 6.18 Å². The Hall–Kier alpha value is -1.75. The molecule has 0 saturated carbocycles. The van der Waals surface area contributed by atoms with Crippen molar-refractivity contribution < 1.29 is 21.6 Å². The average Bonchev–Trinajstić information content (AvgIpc) is 2.58. The monoisotopic (exact) mass is 318 g/mol. The highest BCUT2D eigenvalue weighted by molar-refractivity contribution is 7.91. The quantitative estimate of drug-likeness (QED) is 0.796. The van der Waals surface area contributed by atoms with Gasteiger partial charge in [-0.05, 0) is 24.6 Å². The molecule has 0 aromatic heterocycles. The van der Waals surface area contributed by atoms with Gasteiger partial charge < -0.3 is 4.90 Å². The van der Waals surface area contributed by atoms with Crippen LogP contribution in [0.3, 0.4) is 0 Å². The first kappa shape index (κ1) is 15.6. The number of alkyl halides is 3. The molecule has 21 heavy (non-hydrogen) atoms. The Balaban J connectivity index is 2.32. The van der Waals surface area contributed by atoms with Crippen LogP contribution in [0.1, 0.15) is 17.5 Å². The number of anilines is 1. The smallest absolute Gasteiger partial charge is 0.370 e. The van der Waals surface area contributed by atoms with Gasteiger partial charge in [-0.3, -0.25) is 0 Å². The zero-order chi connectivity index (χ0) is 15.7. The van der Waals surface area contributed by atoms with E-state index in [9.17, 15) is 21.6 Å². The average molecular weight is 318 g/mol. The van der Waals surface area contributed by atoms with Gasteiger partial charge in [-0.2, -0.15) is 18.4 Å². The summed E-state index contributed by atoms with van der Waals surface area (Å²) in [6.07, 6.45) is -4.16. The zero-order valence-electron chi connectivity index (χ0n) is 11.0. The second-order valence-corrected chi connectivity index (χ2v) is 7.14. The molecule has 0 N–H and O–H groups in total. The van der Waals surface area contributed by atoms with E-state index in [4.69, 9.17) is 5.26 Å². The van der Waals surface area contributed by atoms with Crippen molar-refractivity contribution in [2.45, 2.75) is 12.6 Å². The maximum Gasteiger partial charge on any atom is 0.417 e. The second kappa shape index (κ2) is 5.56. The van der Waals surface area contributed by atoms with Crippen LogP contribution < -0.4 is 4.90 Å². The van der Waals surface area contributed by atoms with Crippen LogP contribution in [0.5, 0.6) is 0 Å². The van der Waals surface area contributed by atoms with E-state index in [1.54, 1.807) is 11.0 Å². The van der Waals surface area contributed by atoms with Crippen LogP contribution in [0.4, 0.5) is 18.9 Å². The number of benzene rings is 1. The molecule has 1 heterocycles. The molecule has 0 atom stereocenters. The van der Waals surface area contributed by atoms with Crippen molar-refractivity contribution in [2.24, 2.45) is 0 Å². The summed E-state index contributed by atoms with van der Waals surface area (Å²) in [6, 6.07) is 4.86. The molecule has 0 spiro atoms. The minimum absolute atomic E-state index is 0.0318. The highest BCUT2D eigenvalue weighted by Gasteiger charge is 2.34. The molecule has 2 rings (SSSR count). The fraction of sp³-hybridized carbons (Fsp3) is 0.462. The summed E-state index contributed by atoms with van der Waals surface area (Å²) in [7, 11) is -3.09. The highest BCUT2D eigenvalue weighted by atomic mass is 32.2. The van der Waals surface area contributed by atoms with E-state index < -0.39 is 27.1 Å². The molecule has 1 aromatic carbocycles. The molecule has 1 saturated heterocycles. The summed E-state index contributed by atoms with van der Waals surface area (Å²) in [5.41, 5.74) is -0.986. The van der Waals surface area contributed by atoms with Crippen LogP contribution >= 0.6 is 0 Å². The van der Waals surface area contributed by atoms with Crippen LogP contribution in [0.2, 0.25) is 0 Å². The lowest BCUT2D eigenvalue weighted by Gasteiger charge is -2.23. The van der Waals surface area contributed by atoms with Crippen molar-refractivity contribution >= 4 is 15.5 Å². The number of nitriles is 1. The van der Waals surface area contributed by atoms with Gasteiger partial charge in [0.05, 0.1) is 28.7 Å². The van der Waals surface area contributed by atoms with Crippen LogP contribution in [-0.4, -0.2) is 33.0 Å². The first-order valence-corrected chi connectivity index (χ1v) is 8.12. The summed E-state index contributed by atoms with van der Waals surface area (Å²) >= 11 is 0. The van der Waals surface area contributed by atoms with Crippen LogP contribution in [-0.2, 0) is 16.0 Å². The molecule has 0 unspecified atom stereocenters. The Labute approximate surface area is 120 Å². The molecule has 114 valence electrons. The largest absolute Gasteiger partial charge is 0.417 e. The first-order valence-electron chi connectivity index (χ1n) is 6.30. The number of hydrogen-bond donors (Lipinski definition) is 0. The van der Waals surface area contributed by atoms with Crippen molar-refractivity contribution in [2.75, 3.05) is 29.5 Å². The summed E-state index contributed by atoms with van der Waals surface area (Å²) in [5.74, 6) is 0.0468. The summed E-state index contributed by atoms with van der Waals surface area (Å²) in [5, 5.41) is 8.88. The summed E-state index contributed by atoms with van der Waals surface area (Å²) in [6.45, 7) is 0.661. The SMILES string of the molecule is N#Cc1cc(N2CCCS(=O)(=O)CC2)ccc1C(F)(F)F. The molecular weight excluding hydrogens is 305 g/mol. The van der Waals surface area contributed by atoms with Gasteiger partial charge in [-0.15, -0.1) is 0 Å². The third-order valence-electron chi connectivity index (χ3n) is 3.35. The third-order valence-corrected chi connectivity index (χ3v) is 5.06. The van der Waals surface area contributed by atoms with E-state index in [1.807, 2.05) is 0 Å². The Bertz CT molecular complexity index is 678. The molecule has 0 amide bonds. The Kier molecular flexibility index (Phi) is 4.14. The van der Waals surface area contributed by atoms with Crippen molar-refractivity contribution in [1.82, 2.24) is 0 Å². The van der Waals surface area contributed by atoms with E-state index in [0.29, 0.717) is 18.7 Å². The summed E-state index contributed by atoms with van der Waals surface area (Å²) < 4.78 is 61.3. The van der Waals surface area contributed by atoms with Crippen molar-refractivity contribution in [3.05, 3.63) is 29.3 Å². The van der Waals surface area contributed by atoms with Crippen molar-refractivity contribution in [3.63, 3.8) is 0 Å². The first-order chi connectivity index (χ1) is 9.73. The Morgan fingerprint density at radius 3 is 2.52 bits per heavy atom. The molecule has 8 heteroatoms. The van der Waals surface area contributed by atoms with Gasteiger partial charge in [0.25, 0.3) is 0 Å². The number of nitrogens with zero attached hydrogens (tertiary/aromatic N) is 2. The number of halogens is 3. The molecule has 1 aromatic rings. The Morgan fingerprint density at radius 1 is 1.19 bits per heavy atom. The van der Waals surface area contributed by atoms with E-state index in [2.05, 4.69) is 0 Å². The number of hydrogen-bond acceptors (Lipinski definition) is 4. The van der Waals surface area contributed by atoms with E-state index in [1.165, 1.54) is 12.1 Å². The fourth-order valence-electron chi connectivity index (χ4n) is 2.27. The Morgan fingerprint density at radius 2 is 1.90 bits per heavy atom. The van der Waals surface area contributed by atoms with Crippen LogP contribution in [0.15, 0.2) is 18.2 Å². The number of rotatable bonds is 1.